The molecule has 0 radical (unpaired) electrons. The predicted molar refractivity (Wildman–Crippen MR) is 110 cm³/mol. The number of aromatic nitrogens is 1. The Hall–Kier alpha value is -2.85. The lowest BCUT2D eigenvalue weighted by Gasteiger charge is -2.30. The van der Waals surface area contributed by atoms with Gasteiger partial charge in [0, 0.05) is 32.5 Å². The van der Waals surface area contributed by atoms with Crippen LogP contribution < -0.4 is 5.32 Å². The molecule has 2 amide bonds. The zero-order chi connectivity index (χ0) is 22.3. The average Bonchev–Trinajstić information content (AvgIpc) is 2.71. The molecule has 0 spiro atoms. The number of sulfonamides is 1. The van der Waals surface area contributed by atoms with Gasteiger partial charge in [-0.25, -0.2) is 12.8 Å². The van der Waals surface area contributed by atoms with E-state index in [-0.39, 0.29) is 13.1 Å². The average molecular weight is 437 g/mol. The maximum Gasteiger partial charge on any atom is 0.242 e. The van der Waals surface area contributed by atoms with Gasteiger partial charge < -0.3 is 10.2 Å². The van der Waals surface area contributed by atoms with Gasteiger partial charge in [-0.3, -0.25) is 14.6 Å². The van der Waals surface area contributed by atoms with Crippen LogP contribution in [-0.4, -0.2) is 60.3 Å². The van der Waals surface area contributed by atoms with Crippen LogP contribution in [0, 0.1) is 5.82 Å². The quantitative estimate of drug-likeness (QED) is 0.636. The first-order chi connectivity index (χ1) is 14.1. The van der Waals surface area contributed by atoms with E-state index in [9.17, 15) is 22.4 Å². The topological polar surface area (TPSA) is 99.7 Å². The Labute approximate surface area is 175 Å². The molecule has 1 N–H and O–H groups in total. The van der Waals surface area contributed by atoms with E-state index < -0.39 is 40.2 Å². The Bertz CT molecular complexity index is 968. The summed E-state index contributed by atoms with van der Waals surface area (Å²) in [4.78, 5) is 30.8. The number of nitrogens with zero attached hydrogens (tertiary/aromatic N) is 3. The molecule has 162 valence electrons. The van der Waals surface area contributed by atoms with E-state index in [1.54, 1.807) is 31.5 Å². The molecule has 0 bridgehead atoms. The summed E-state index contributed by atoms with van der Waals surface area (Å²) >= 11 is 0. The monoisotopic (exact) mass is 436 g/mol. The molecule has 8 nitrogen and oxygen atoms in total. The van der Waals surface area contributed by atoms with Crippen molar-refractivity contribution < 1.29 is 22.4 Å². The summed E-state index contributed by atoms with van der Waals surface area (Å²) in [5.74, 6) is -1.37. The number of hydrogen-bond donors (Lipinski definition) is 1. The number of amides is 2. The van der Waals surface area contributed by atoms with Gasteiger partial charge in [0.1, 0.15) is 11.9 Å². The van der Waals surface area contributed by atoms with Gasteiger partial charge in [-0.15, -0.1) is 0 Å². The molecular formula is C20H25FN4O4S. The van der Waals surface area contributed by atoms with Gasteiger partial charge in [-0.2, -0.15) is 4.31 Å². The highest BCUT2D eigenvalue weighted by Gasteiger charge is 2.28. The molecule has 0 aliphatic heterocycles. The minimum absolute atomic E-state index is 0.0260. The summed E-state index contributed by atoms with van der Waals surface area (Å²) in [6.07, 6.45) is 4.23. The molecule has 0 saturated heterocycles. The first-order valence-electron chi connectivity index (χ1n) is 9.19. The summed E-state index contributed by atoms with van der Waals surface area (Å²) in [6, 6.07) is 8.21. The third-order valence-electron chi connectivity index (χ3n) is 4.55. The van der Waals surface area contributed by atoms with Gasteiger partial charge in [0.25, 0.3) is 0 Å². The number of nitrogens with one attached hydrogen (secondary N) is 1. The first kappa shape index (κ1) is 23.4. The van der Waals surface area contributed by atoms with Crippen LogP contribution in [0.5, 0.6) is 0 Å². The Morgan fingerprint density at radius 3 is 2.40 bits per heavy atom. The molecule has 0 saturated carbocycles. The van der Waals surface area contributed by atoms with Crippen molar-refractivity contribution in [2.24, 2.45) is 0 Å². The van der Waals surface area contributed by atoms with Crippen LogP contribution in [0.4, 0.5) is 4.39 Å². The van der Waals surface area contributed by atoms with Crippen LogP contribution in [0.15, 0.2) is 48.8 Å². The Morgan fingerprint density at radius 1 is 1.17 bits per heavy atom. The van der Waals surface area contributed by atoms with E-state index in [0.717, 1.165) is 16.1 Å². The summed E-state index contributed by atoms with van der Waals surface area (Å²) in [5.41, 5.74) is 1.41. The Balaban J connectivity index is 2.16. The lowest BCUT2D eigenvalue weighted by Crippen LogP contribution is -2.50. The van der Waals surface area contributed by atoms with E-state index in [1.165, 1.54) is 36.2 Å². The summed E-state index contributed by atoms with van der Waals surface area (Å²) < 4.78 is 37.5. The number of likely N-dealkylation sites (N-methyl/N-ethyl adjacent to an activating group) is 1. The molecular weight excluding hydrogens is 411 g/mol. The number of carbonyl (C=O) groups is 2. The summed E-state index contributed by atoms with van der Waals surface area (Å²) in [6.45, 7) is 1.40. The molecule has 1 heterocycles. The van der Waals surface area contributed by atoms with Crippen LogP contribution in [-0.2, 0) is 32.7 Å². The number of hydrogen-bond acceptors (Lipinski definition) is 5. The molecule has 10 heteroatoms. The lowest BCUT2D eigenvalue weighted by atomic mass is 10.1. The van der Waals surface area contributed by atoms with Crippen molar-refractivity contribution in [1.29, 1.82) is 0 Å². The maximum absolute atomic E-state index is 13.2. The minimum atomic E-state index is -3.57. The van der Waals surface area contributed by atoms with Gasteiger partial charge in [-0.05, 0) is 36.2 Å². The second kappa shape index (κ2) is 10.3. The lowest BCUT2D eigenvalue weighted by molar-refractivity contribution is -0.140. The van der Waals surface area contributed by atoms with E-state index in [4.69, 9.17) is 0 Å². The third kappa shape index (κ3) is 6.89. The summed E-state index contributed by atoms with van der Waals surface area (Å²) in [7, 11) is -2.29. The SMILES string of the molecule is C[C@@H](C(=O)NCc1cccnc1)N(Cc1ccc(F)cc1)C(=O)CN(C)S(C)(=O)=O. The van der Waals surface area contributed by atoms with Gasteiger partial charge in [0.2, 0.25) is 21.8 Å². The molecule has 1 atom stereocenters. The molecule has 2 aromatic rings. The van der Waals surface area contributed by atoms with Crippen LogP contribution >= 0.6 is 0 Å². The van der Waals surface area contributed by atoms with Crippen molar-refractivity contribution in [3.05, 3.63) is 65.7 Å². The number of halogens is 1. The van der Waals surface area contributed by atoms with Gasteiger partial charge in [0.15, 0.2) is 0 Å². The van der Waals surface area contributed by atoms with E-state index >= 15 is 0 Å². The van der Waals surface area contributed by atoms with Gasteiger partial charge in [-0.1, -0.05) is 18.2 Å². The Kier molecular flexibility index (Phi) is 8.01. The molecule has 0 aliphatic rings. The van der Waals surface area contributed by atoms with E-state index in [2.05, 4.69) is 10.3 Å². The zero-order valence-electron chi connectivity index (χ0n) is 17.1. The van der Waals surface area contributed by atoms with E-state index in [0.29, 0.717) is 5.56 Å². The number of pyridine rings is 1. The molecule has 1 aromatic heterocycles. The zero-order valence-corrected chi connectivity index (χ0v) is 17.9. The first-order valence-corrected chi connectivity index (χ1v) is 11.0. The molecule has 0 fully saturated rings. The fraction of sp³-hybridized carbons (Fsp3) is 0.350. The van der Waals surface area contributed by atoms with Gasteiger partial charge in [0.05, 0.1) is 12.8 Å². The van der Waals surface area contributed by atoms with Crippen molar-refractivity contribution in [3.8, 4) is 0 Å². The summed E-state index contributed by atoms with van der Waals surface area (Å²) in [5, 5.41) is 2.75. The second-order valence-electron chi connectivity index (χ2n) is 6.92. The fourth-order valence-electron chi connectivity index (χ4n) is 2.61. The highest BCUT2D eigenvalue weighted by atomic mass is 32.2. The molecule has 30 heavy (non-hydrogen) atoms. The maximum atomic E-state index is 13.2. The number of carbonyl (C=O) groups excluding carboxylic acids is 2. The van der Waals surface area contributed by atoms with Crippen molar-refractivity contribution in [2.75, 3.05) is 19.8 Å². The third-order valence-corrected chi connectivity index (χ3v) is 5.81. The van der Waals surface area contributed by atoms with Crippen molar-refractivity contribution >= 4 is 21.8 Å². The van der Waals surface area contributed by atoms with Crippen molar-refractivity contribution in [1.82, 2.24) is 19.5 Å². The predicted octanol–water partition coefficient (Wildman–Crippen LogP) is 1.15. The van der Waals surface area contributed by atoms with Crippen molar-refractivity contribution in [3.63, 3.8) is 0 Å². The highest BCUT2D eigenvalue weighted by molar-refractivity contribution is 7.88. The number of benzene rings is 1. The Morgan fingerprint density at radius 2 is 1.83 bits per heavy atom. The second-order valence-corrected chi connectivity index (χ2v) is 9.01. The van der Waals surface area contributed by atoms with Gasteiger partial charge >= 0.3 is 0 Å². The molecule has 0 unspecified atom stereocenters. The number of rotatable bonds is 9. The standard InChI is InChI=1S/C20H25FN4O4S/c1-15(20(27)23-12-17-5-4-10-22-11-17)25(13-16-6-8-18(21)9-7-16)19(26)14-24(2)30(3,28)29/h4-11,15H,12-14H2,1-3H3,(H,23,27)/t15-/m0/s1. The highest BCUT2D eigenvalue weighted by Crippen LogP contribution is 2.12. The molecule has 1 aromatic carbocycles. The van der Waals surface area contributed by atoms with Crippen LogP contribution in [0.2, 0.25) is 0 Å². The fourth-order valence-corrected chi connectivity index (χ4v) is 2.95. The van der Waals surface area contributed by atoms with Crippen molar-refractivity contribution in [2.45, 2.75) is 26.1 Å². The smallest absolute Gasteiger partial charge is 0.242 e. The normalized spacial score (nSPS) is 12.4. The van der Waals surface area contributed by atoms with E-state index in [1.807, 2.05) is 0 Å². The minimum Gasteiger partial charge on any atom is -0.350 e. The molecule has 0 aliphatic carbocycles. The largest absolute Gasteiger partial charge is 0.350 e. The molecule has 2 rings (SSSR count). The van der Waals surface area contributed by atoms with Crippen LogP contribution in [0.3, 0.4) is 0 Å². The van der Waals surface area contributed by atoms with Crippen LogP contribution in [0.1, 0.15) is 18.1 Å². The van der Waals surface area contributed by atoms with Crippen LogP contribution in [0.25, 0.3) is 0 Å².